The van der Waals surface area contributed by atoms with Crippen LogP contribution in [0.15, 0.2) is 71.6 Å². The molecule has 2 aromatic carbocycles. The van der Waals surface area contributed by atoms with Crippen LogP contribution in [0.4, 0.5) is 5.82 Å². The average Bonchev–Trinajstić information content (AvgIpc) is 3.44. The van der Waals surface area contributed by atoms with Crippen LogP contribution in [0.2, 0.25) is 0 Å². The summed E-state index contributed by atoms with van der Waals surface area (Å²) in [5, 5.41) is 13.0. The largest absolute Gasteiger partial charge is 0.464 e. The second-order valence-corrected chi connectivity index (χ2v) is 7.59. The van der Waals surface area contributed by atoms with Crippen LogP contribution in [-0.4, -0.2) is 25.0 Å². The Morgan fingerprint density at radius 2 is 1.81 bits per heavy atom. The number of aryl methyl sites for hydroxylation is 2. The Bertz CT molecular complexity index is 1360. The van der Waals surface area contributed by atoms with Crippen molar-refractivity contribution in [1.29, 1.82) is 0 Å². The van der Waals surface area contributed by atoms with Crippen LogP contribution in [0.25, 0.3) is 27.9 Å². The lowest BCUT2D eigenvalue weighted by molar-refractivity contribution is 0.613. The van der Waals surface area contributed by atoms with Crippen molar-refractivity contribution in [1.82, 2.24) is 25.0 Å². The first-order valence-electron chi connectivity index (χ1n) is 10.1. The third kappa shape index (κ3) is 3.77. The molecule has 1 atom stereocenters. The van der Waals surface area contributed by atoms with Crippen LogP contribution in [0, 0.1) is 13.8 Å². The number of rotatable bonds is 5. The summed E-state index contributed by atoms with van der Waals surface area (Å²) in [6.07, 6.45) is 5.12. The maximum absolute atomic E-state index is 5.57. The average molecular weight is 410 g/mol. The number of fused-ring (bicyclic) bond motifs is 1. The molecule has 7 nitrogen and oxygen atoms in total. The van der Waals surface area contributed by atoms with Crippen LogP contribution in [0.3, 0.4) is 0 Å². The predicted octanol–water partition coefficient (Wildman–Crippen LogP) is 5.26. The summed E-state index contributed by atoms with van der Waals surface area (Å²) in [5.74, 6) is 1.49. The fraction of sp³-hybridized carbons (Fsp3) is 0.167. The summed E-state index contributed by atoms with van der Waals surface area (Å²) < 4.78 is 5.57. The Morgan fingerprint density at radius 1 is 0.968 bits per heavy atom. The lowest BCUT2D eigenvalue weighted by atomic mass is 10.1. The molecule has 0 saturated heterocycles. The quantitative estimate of drug-likeness (QED) is 0.426. The summed E-state index contributed by atoms with van der Waals surface area (Å²) in [5.41, 5.74) is 5.93. The van der Waals surface area contributed by atoms with Gasteiger partial charge in [0.05, 0.1) is 36.1 Å². The number of nitrogens with zero attached hydrogens (tertiary/aromatic N) is 5. The van der Waals surface area contributed by atoms with Gasteiger partial charge in [-0.1, -0.05) is 12.1 Å². The molecule has 0 spiro atoms. The lowest BCUT2D eigenvalue weighted by Gasteiger charge is -2.17. The Morgan fingerprint density at radius 3 is 2.65 bits per heavy atom. The van der Waals surface area contributed by atoms with Gasteiger partial charge in [-0.3, -0.25) is 0 Å². The van der Waals surface area contributed by atoms with E-state index in [-0.39, 0.29) is 6.04 Å². The van der Waals surface area contributed by atoms with Crippen molar-refractivity contribution in [2.75, 3.05) is 5.32 Å². The highest BCUT2D eigenvalue weighted by Crippen LogP contribution is 2.28. The molecule has 0 aliphatic carbocycles. The van der Waals surface area contributed by atoms with E-state index in [9.17, 15) is 0 Å². The maximum Gasteiger partial charge on any atom is 0.134 e. The summed E-state index contributed by atoms with van der Waals surface area (Å²) >= 11 is 0. The van der Waals surface area contributed by atoms with Crippen LogP contribution in [-0.2, 0) is 0 Å². The number of nitrogens with one attached hydrogen (secondary N) is 1. The van der Waals surface area contributed by atoms with Gasteiger partial charge in [0.1, 0.15) is 17.2 Å². The Kier molecular flexibility index (Phi) is 4.71. The van der Waals surface area contributed by atoms with Crippen LogP contribution < -0.4 is 5.32 Å². The van der Waals surface area contributed by atoms with Gasteiger partial charge in [0.2, 0.25) is 0 Å². The Balaban J connectivity index is 1.44. The first-order chi connectivity index (χ1) is 15.1. The molecule has 5 aromatic rings. The zero-order valence-electron chi connectivity index (χ0n) is 17.6. The van der Waals surface area contributed by atoms with Crippen molar-refractivity contribution >= 4 is 16.8 Å². The summed E-state index contributed by atoms with van der Waals surface area (Å²) in [6.45, 7) is 6.06. The van der Waals surface area contributed by atoms with Gasteiger partial charge in [-0.15, -0.1) is 0 Å². The molecule has 0 fully saturated rings. The highest BCUT2D eigenvalue weighted by atomic mass is 16.3. The molecule has 5 rings (SSSR count). The highest BCUT2D eigenvalue weighted by molar-refractivity contribution is 5.85. The molecule has 31 heavy (non-hydrogen) atoms. The van der Waals surface area contributed by atoms with Crippen molar-refractivity contribution in [3.05, 3.63) is 84.1 Å². The molecule has 0 radical (unpaired) electrons. The smallest absolute Gasteiger partial charge is 0.134 e. The number of hydrogen-bond acceptors (Lipinski definition) is 6. The molecule has 0 bridgehead atoms. The third-order valence-corrected chi connectivity index (χ3v) is 5.29. The van der Waals surface area contributed by atoms with Crippen molar-refractivity contribution in [2.24, 2.45) is 0 Å². The normalized spacial score (nSPS) is 12.2. The van der Waals surface area contributed by atoms with E-state index in [0.29, 0.717) is 5.82 Å². The Labute approximate surface area is 179 Å². The standard InChI is InChI=1S/C24H22N6O/c1-15-14-31-23-8-7-19(12-21(15)23)22-13-24(29-17(3)28-22)27-16(2)18-5-4-6-20(11-18)30-25-9-10-26-30/h4-14,16H,1-3H3,(H,27,28,29)/t16-/m0/s1. The first-order valence-corrected chi connectivity index (χ1v) is 10.1. The molecule has 3 aromatic heterocycles. The fourth-order valence-corrected chi connectivity index (χ4v) is 3.68. The monoisotopic (exact) mass is 410 g/mol. The SMILES string of the molecule is Cc1nc(N[C@@H](C)c2cccc(-n3nccn3)c2)cc(-c2ccc3occ(C)c3c2)n1. The molecule has 7 heteroatoms. The molecule has 0 unspecified atom stereocenters. The molecule has 0 amide bonds. The minimum absolute atomic E-state index is 0.0382. The molecule has 0 aliphatic rings. The van der Waals surface area contributed by atoms with Crippen molar-refractivity contribution < 1.29 is 4.42 Å². The van der Waals surface area contributed by atoms with E-state index in [4.69, 9.17) is 4.42 Å². The van der Waals surface area contributed by atoms with Crippen molar-refractivity contribution in [2.45, 2.75) is 26.8 Å². The predicted molar refractivity (Wildman–Crippen MR) is 120 cm³/mol. The summed E-state index contributed by atoms with van der Waals surface area (Å²) in [7, 11) is 0. The van der Waals surface area contributed by atoms with Gasteiger partial charge in [-0.2, -0.15) is 15.0 Å². The molecule has 0 saturated carbocycles. The van der Waals surface area contributed by atoms with E-state index < -0.39 is 0 Å². The summed E-state index contributed by atoms with van der Waals surface area (Å²) in [4.78, 5) is 10.9. The summed E-state index contributed by atoms with van der Waals surface area (Å²) in [6, 6.07) is 16.3. The second-order valence-electron chi connectivity index (χ2n) is 7.59. The van der Waals surface area contributed by atoms with Crippen molar-refractivity contribution in [3.63, 3.8) is 0 Å². The molecule has 154 valence electrons. The lowest BCUT2D eigenvalue weighted by Crippen LogP contribution is -2.10. The minimum Gasteiger partial charge on any atom is -0.464 e. The van der Waals surface area contributed by atoms with E-state index in [1.54, 1.807) is 23.5 Å². The fourth-order valence-electron chi connectivity index (χ4n) is 3.68. The molecule has 1 N–H and O–H groups in total. The zero-order valence-corrected chi connectivity index (χ0v) is 17.6. The van der Waals surface area contributed by atoms with Gasteiger partial charge in [0.15, 0.2) is 0 Å². The van der Waals surface area contributed by atoms with E-state index >= 15 is 0 Å². The number of hydrogen-bond donors (Lipinski definition) is 1. The molecular weight excluding hydrogens is 388 g/mol. The van der Waals surface area contributed by atoms with Crippen LogP contribution in [0.5, 0.6) is 0 Å². The third-order valence-electron chi connectivity index (χ3n) is 5.29. The van der Waals surface area contributed by atoms with Gasteiger partial charge in [0.25, 0.3) is 0 Å². The zero-order chi connectivity index (χ0) is 21.4. The minimum atomic E-state index is 0.0382. The van der Waals surface area contributed by atoms with E-state index in [2.05, 4.69) is 50.6 Å². The second kappa shape index (κ2) is 7.68. The first kappa shape index (κ1) is 19.0. The van der Waals surface area contributed by atoms with E-state index in [1.807, 2.05) is 44.2 Å². The number of anilines is 1. The van der Waals surface area contributed by atoms with Crippen LogP contribution in [0.1, 0.15) is 29.9 Å². The van der Waals surface area contributed by atoms with Gasteiger partial charge in [-0.05, 0) is 62.2 Å². The molecular formula is C24H22N6O. The van der Waals surface area contributed by atoms with Gasteiger partial charge in [-0.25, -0.2) is 9.97 Å². The highest BCUT2D eigenvalue weighted by Gasteiger charge is 2.12. The van der Waals surface area contributed by atoms with Gasteiger partial charge >= 0.3 is 0 Å². The van der Waals surface area contributed by atoms with E-state index in [0.717, 1.165) is 44.9 Å². The van der Waals surface area contributed by atoms with E-state index in [1.165, 1.54) is 0 Å². The maximum atomic E-state index is 5.57. The number of benzene rings is 2. The van der Waals surface area contributed by atoms with Crippen molar-refractivity contribution in [3.8, 4) is 16.9 Å². The van der Waals surface area contributed by atoms with Gasteiger partial charge < -0.3 is 9.73 Å². The Hall–Kier alpha value is -4.00. The molecule has 3 heterocycles. The topological polar surface area (TPSA) is 81.7 Å². The van der Waals surface area contributed by atoms with Crippen LogP contribution >= 0.6 is 0 Å². The number of aromatic nitrogens is 5. The van der Waals surface area contributed by atoms with Gasteiger partial charge in [0, 0.05) is 17.0 Å². The number of furan rings is 1. The molecule has 0 aliphatic heterocycles.